The van der Waals surface area contributed by atoms with Crippen LogP contribution in [-0.4, -0.2) is 38.1 Å². The SMILES string of the molecule is CNCc1cccnc1N1CCC(C(=O)NC)CC1. The van der Waals surface area contributed by atoms with E-state index >= 15 is 0 Å². The molecule has 1 aliphatic heterocycles. The van der Waals surface area contributed by atoms with Gasteiger partial charge in [-0.15, -0.1) is 0 Å². The zero-order chi connectivity index (χ0) is 13.7. The van der Waals surface area contributed by atoms with Crippen LogP contribution in [0.5, 0.6) is 0 Å². The standard InChI is InChI=1S/C14H22N4O/c1-15-10-12-4-3-7-17-13(12)18-8-5-11(6-9-18)14(19)16-2/h3-4,7,11,15H,5-6,8-10H2,1-2H3,(H,16,19). The number of carbonyl (C=O) groups is 1. The third-order valence-electron chi connectivity index (χ3n) is 3.65. The van der Waals surface area contributed by atoms with Gasteiger partial charge in [-0.05, 0) is 26.0 Å². The van der Waals surface area contributed by atoms with Gasteiger partial charge in [0.05, 0.1) is 0 Å². The highest BCUT2D eigenvalue weighted by Crippen LogP contribution is 2.24. The highest BCUT2D eigenvalue weighted by molar-refractivity contribution is 5.78. The second kappa shape index (κ2) is 6.52. The van der Waals surface area contributed by atoms with Gasteiger partial charge < -0.3 is 15.5 Å². The molecule has 0 atom stereocenters. The Morgan fingerprint density at radius 1 is 1.42 bits per heavy atom. The van der Waals surface area contributed by atoms with Crippen molar-refractivity contribution < 1.29 is 4.79 Å². The minimum atomic E-state index is 0.151. The van der Waals surface area contributed by atoms with E-state index in [1.165, 1.54) is 5.56 Å². The van der Waals surface area contributed by atoms with Crippen LogP contribution < -0.4 is 15.5 Å². The van der Waals surface area contributed by atoms with Crippen LogP contribution in [0.4, 0.5) is 5.82 Å². The lowest BCUT2D eigenvalue weighted by atomic mass is 9.95. The van der Waals surface area contributed by atoms with E-state index in [0.717, 1.165) is 38.3 Å². The molecule has 1 amide bonds. The third kappa shape index (κ3) is 3.23. The van der Waals surface area contributed by atoms with Gasteiger partial charge >= 0.3 is 0 Å². The highest BCUT2D eigenvalue weighted by Gasteiger charge is 2.25. The number of piperidine rings is 1. The van der Waals surface area contributed by atoms with E-state index in [1.54, 1.807) is 7.05 Å². The Morgan fingerprint density at radius 2 is 2.16 bits per heavy atom. The first kappa shape index (κ1) is 13.8. The largest absolute Gasteiger partial charge is 0.359 e. The number of anilines is 1. The van der Waals surface area contributed by atoms with E-state index in [-0.39, 0.29) is 11.8 Å². The van der Waals surface area contributed by atoms with Crippen molar-refractivity contribution in [2.45, 2.75) is 19.4 Å². The van der Waals surface area contributed by atoms with Crippen molar-refractivity contribution in [3.8, 4) is 0 Å². The summed E-state index contributed by atoms with van der Waals surface area (Å²) >= 11 is 0. The maximum absolute atomic E-state index is 11.6. The van der Waals surface area contributed by atoms with Gasteiger partial charge in [-0.3, -0.25) is 4.79 Å². The first-order valence-electron chi connectivity index (χ1n) is 6.81. The second-order valence-electron chi connectivity index (χ2n) is 4.89. The fourth-order valence-electron chi connectivity index (χ4n) is 2.60. The van der Waals surface area contributed by atoms with Crippen molar-refractivity contribution in [1.29, 1.82) is 0 Å². The van der Waals surface area contributed by atoms with Crippen LogP contribution in [-0.2, 0) is 11.3 Å². The zero-order valence-electron chi connectivity index (χ0n) is 11.6. The molecule has 0 bridgehead atoms. The topological polar surface area (TPSA) is 57.3 Å². The monoisotopic (exact) mass is 262 g/mol. The van der Waals surface area contributed by atoms with Crippen molar-refractivity contribution in [3.05, 3.63) is 23.9 Å². The number of carbonyl (C=O) groups excluding carboxylic acids is 1. The molecular formula is C14H22N4O. The molecule has 0 saturated carbocycles. The molecule has 19 heavy (non-hydrogen) atoms. The second-order valence-corrected chi connectivity index (χ2v) is 4.89. The zero-order valence-corrected chi connectivity index (χ0v) is 11.6. The Morgan fingerprint density at radius 3 is 2.79 bits per heavy atom. The number of pyridine rings is 1. The molecule has 1 aliphatic rings. The fourth-order valence-corrected chi connectivity index (χ4v) is 2.60. The molecule has 104 valence electrons. The number of rotatable bonds is 4. The first-order valence-corrected chi connectivity index (χ1v) is 6.81. The van der Waals surface area contributed by atoms with Crippen LogP contribution in [0.3, 0.4) is 0 Å². The fraction of sp³-hybridized carbons (Fsp3) is 0.571. The molecule has 2 rings (SSSR count). The molecule has 5 heteroatoms. The average molecular weight is 262 g/mol. The number of nitrogens with one attached hydrogen (secondary N) is 2. The molecule has 1 saturated heterocycles. The van der Waals surface area contributed by atoms with Gasteiger partial charge in [-0.1, -0.05) is 6.07 Å². The van der Waals surface area contributed by atoms with Crippen molar-refractivity contribution >= 4 is 11.7 Å². The van der Waals surface area contributed by atoms with Gasteiger partial charge in [0.15, 0.2) is 0 Å². The van der Waals surface area contributed by atoms with E-state index in [1.807, 2.05) is 19.3 Å². The van der Waals surface area contributed by atoms with Crippen LogP contribution in [0, 0.1) is 5.92 Å². The summed E-state index contributed by atoms with van der Waals surface area (Å²) in [7, 11) is 3.65. The quantitative estimate of drug-likeness (QED) is 0.841. The van der Waals surface area contributed by atoms with Crippen LogP contribution >= 0.6 is 0 Å². The molecule has 1 aromatic rings. The van der Waals surface area contributed by atoms with Crippen LogP contribution in [0.15, 0.2) is 18.3 Å². The van der Waals surface area contributed by atoms with Crippen LogP contribution in [0.1, 0.15) is 18.4 Å². The van der Waals surface area contributed by atoms with Gasteiger partial charge in [0.2, 0.25) is 5.91 Å². The maximum atomic E-state index is 11.6. The van der Waals surface area contributed by atoms with Gasteiger partial charge in [0.25, 0.3) is 0 Å². The Balaban J connectivity index is 2.03. The molecule has 0 spiro atoms. The minimum Gasteiger partial charge on any atom is -0.359 e. The lowest BCUT2D eigenvalue weighted by Crippen LogP contribution is -2.40. The summed E-state index contributed by atoms with van der Waals surface area (Å²) in [6, 6.07) is 4.07. The Bertz CT molecular complexity index is 427. The smallest absolute Gasteiger partial charge is 0.222 e. The van der Waals surface area contributed by atoms with Gasteiger partial charge in [0.1, 0.15) is 5.82 Å². The molecule has 1 aromatic heterocycles. The lowest BCUT2D eigenvalue weighted by molar-refractivity contribution is -0.125. The predicted octanol–water partition coefficient (Wildman–Crippen LogP) is 0.763. The Labute approximate surface area is 114 Å². The van der Waals surface area contributed by atoms with E-state index in [2.05, 4.69) is 26.6 Å². The van der Waals surface area contributed by atoms with Crippen LogP contribution in [0.2, 0.25) is 0 Å². The van der Waals surface area contributed by atoms with E-state index in [9.17, 15) is 4.79 Å². The molecule has 0 aliphatic carbocycles. The summed E-state index contributed by atoms with van der Waals surface area (Å²) in [6.45, 7) is 2.61. The summed E-state index contributed by atoms with van der Waals surface area (Å²) in [5.41, 5.74) is 1.21. The Hall–Kier alpha value is -1.62. The summed E-state index contributed by atoms with van der Waals surface area (Å²) in [6.07, 6.45) is 3.63. The number of hydrogen-bond acceptors (Lipinski definition) is 4. The van der Waals surface area contributed by atoms with E-state index in [0.29, 0.717) is 0 Å². The number of nitrogens with zero attached hydrogens (tertiary/aromatic N) is 2. The number of amides is 1. The van der Waals surface area contributed by atoms with Gasteiger partial charge in [0, 0.05) is 44.4 Å². The summed E-state index contributed by atoms with van der Waals surface area (Å²) in [5.74, 6) is 1.36. The third-order valence-corrected chi connectivity index (χ3v) is 3.65. The molecule has 2 heterocycles. The number of hydrogen-bond donors (Lipinski definition) is 2. The van der Waals surface area contributed by atoms with Gasteiger partial charge in [-0.2, -0.15) is 0 Å². The molecular weight excluding hydrogens is 240 g/mol. The molecule has 1 fully saturated rings. The van der Waals surface area contributed by atoms with Crippen LogP contribution in [0.25, 0.3) is 0 Å². The highest BCUT2D eigenvalue weighted by atomic mass is 16.1. The lowest BCUT2D eigenvalue weighted by Gasteiger charge is -2.33. The summed E-state index contributed by atoms with van der Waals surface area (Å²) in [4.78, 5) is 18.4. The molecule has 2 N–H and O–H groups in total. The summed E-state index contributed by atoms with van der Waals surface area (Å²) in [5, 5.41) is 5.91. The Kier molecular flexibility index (Phi) is 4.74. The summed E-state index contributed by atoms with van der Waals surface area (Å²) < 4.78 is 0. The molecule has 0 aromatic carbocycles. The van der Waals surface area contributed by atoms with Crippen molar-refractivity contribution in [2.24, 2.45) is 5.92 Å². The van der Waals surface area contributed by atoms with E-state index < -0.39 is 0 Å². The average Bonchev–Trinajstić information content (AvgIpc) is 2.47. The molecule has 0 radical (unpaired) electrons. The first-order chi connectivity index (χ1) is 9.26. The van der Waals surface area contributed by atoms with Crippen molar-refractivity contribution in [2.75, 3.05) is 32.1 Å². The van der Waals surface area contributed by atoms with Gasteiger partial charge in [-0.25, -0.2) is 4.98 Å². The van der Waals surface area contributed by atoms with Crippen molar-refractivity contribution in [3.63, 3.8) is 0 Å². The normalized spacial score (nSPS) is 16.4. The maximum Gasteiger partial charge on any atom is 0.222 e. The minimum absolute atomic E-state index is 0.151. The van der Waals surface area contributed by atoms with E-state index in [4.69, 9.17) is 0 Å². The van der Waals surface area contributed by atoms with Crippen molar-refractivity contribution in [1.82, 2.24) is 15.6 Å². The molecule has 0 unspecified atom stereocenters. The molecule has 5 nitrogen and oxygen atoms in total. The number of aromatic nitrogens is 1. The predicted molar refractivity (Wildman–Crippen MR) is 76.0 cm³/mol.